The molecule has 0 saturated carbocycles. The fourth-order valence-electron chi connectivity index (χ4n) is 1.89. The third-order valence-corrected chi connectivity index (χ3v) is 3.64. The van der Waals surface area contributed by atoms with Gasteiger partial charge in [-0.05, 0) is 38.0 Å². The molecule has 0 aliphatic heterocycles. The molecule has 4 heteroatoms. The molecule has 2 aromatic rings. The fraction of sp³-hybridized carbons (Fsp3) is 0.429. The van der Waals surface area contributed by atoms with Crippen LogP contribution in [0, 0.1) is 0 Å². The van der Waals surface area contributed by atoms with Crippen LogP contribution in [0.15, 0.2) is 24.5 Å². The SMILES string of the molecule is CCC(C)(CC)Nc1ncnc2cc(N)ccc12. The lowest BCUT2D eigenvalue weighted by molar-refractivity contribution is 0.477. The molecule has 0 fully saturated rings. The zero-order chi connectivity index (χ0) is 13.2. The van der Waals surface area contributed by atoms with Gasteiger partial charge >= 0.3 is 0 Å². The molecule has 1 aromatic heterocycles. The van der Waals surface area contributed by atoms with E-state index in [1.54, 1.807) is 6.33 Å². The molecule has 1 heterocycles. The van der Waals surface area contributed by atoms with Crippen LogP contribution in [0.5, 0.6) is 0 Å². The second kappa shape index (κ2) is 4.80. The van der Waals surface area contributed by atoms with Crippen LogP contribution in [0.3, 0.4) is 0 Å². The summed E-state index contributed by atoms with van der Waals surface area (Å²) in [5, 5.41) is 4.54. The molecular weight excluding hydrogens is 224 g/mol. The number of hydrogen-bond donors (Lipinski definition) is 2. The van der Waals surface area contributed by atoms with Crippen molar-refractivity contribution in [3.05, 3.63) is 24.5 Å². The van der Waals surface area contributed by atoms with Gasteiger partial charge in [0.05, 0.1) is 5.52 Å². The van der Waals surface area contributed by atoms with Gasteiger partial charge in [-0.1, -0.05) is 13.8 Å². The van der Waals surface area contributed by atoms with Gasteiger partial charge in [0.1, 0.15) is 12.1 Å². The van der Waals surface area contributed by atoms with Crippen LogP contribution in [0.1, 0.15) is 33.6 Å². The number of anilines is 2. The van der Waals surface area contributed by atoms with Gasteiger partial charge in [-0.25, -0.2) is 9.97 Å². The minimum Gasteiger partial charge on any atom is -0.399 e. The molecule has 0 spiro atoms. The summed E-state index contributed by atoms with van der Waals surface area (Å²) in [7, 11) is 0. The van der Waals surface area contributed by atoms with Crippen molar-refractivity contribution >= 4 is 22.4 Å². The molecule has 4 nitrogen and oxygen atoms in total. The monoisotopic (exact) mass is 244 g/mol. The maximum atomic E-state index is 5.77. The molecule has 0 bridgehead atoms. The van der Waals surface area contributed by atoms with E-state index in [1.165, 1.54) is 0 Å². The summed E-state index contributed by atoms with van der Waals surface area (Å²) in [6, 6.07) is 5.72. The zero-order valence-electron chi connectivity index (χ0n) is 11.2. The maximum absolute atomic E-state index is 5.77. The molecule has 0 aliphatic carbocycles. The Morgan fingerprint density at radius 2 is 1.94 bits per heavy atom. The highest BCUT2D eigenvalue weighted by Crippen LogP contribution is 2.26. The summed E-state index contributed by atoms with van der Waals surface area (Å²) in [5.41, 5.74) is 7.43. The Hall–Kier alpha value is -1.84. The first kappa shape index (κ1) is 12.6. The van der Waals surface area contributed by atoms with Crippen molar-refractivity contribution in [1.29, 1.82) is 0 Å². The molecule has 3 N–H and O–H groups in total. The van der Waals surface area contributed by atoms with Crippen LogP contribution < -0.4 is 11.1 Å². The van der Waals surface area contributed by atoms with Gasteiger partial charge in [0.2, 0.25) is 0 Å². The number of fused-ring (bicyclic) bond motifs is 1. The van der Waals surface area contributed by atoms with Crippen LogP contribution in [-0.4, -0.2) is 15.5 Å². The van der Waals surface area contributed by atoms with Crippen LogP contribution in [0.25, 0.3) is 10.9 Å². The lowest BCUT2D eigenvalue weighted by Crippen LogP contribution is -2.33. The Balaban J connectivity index is 2.45. The van der Waals surface area contributed by atoms with Gasteiger partial charge in [0.15, 0.2) is 0 Å². The lowest BCUT2D eigenvalue weighted by Gasteiger charge is -2.29. The van der Waals surface area contributed by atoms with E-state index in [1.807, 2.05) is 18.2 Å². The van der Waals surface area contributed by atoms with Crippen LogP contribution in [-0.2, 0) is 0 Å². The predicted octanol–water partition coefficient (Wildman–Crippen LogP) is 3.20. The van der Waals surface area contributed by atoms with Gasteiger partial charge in [0, 0.05) is 16.6 Å². The standard InChI is InChI=1S/C14H20N4/c1-4-14(3,5-2)18-13-11-7-6-10(15)8-12(11)16-9-17-13/h6-9H,4-5,15H2,1-3H3,(H,16,17,18). The van der Waals surface area contributed by atoms with Crippen molar-refractivity contribution in [2.75, 3.05) is 11.1 Å². The van der Waals surface area contributed by atoms with E-state index in [4.69, 9.17) is 5.73 Å². The number of benzene rings is 1. The molecule has 0 atom stereocenters. The average Bonchev–Trinajstić information content (AvgIpc) is 2.38. The Labute approximate surface area is 108 Å². The molecule has 96 valence electrons. The van der Waals surface area contributed by atoms with Crippen molar-refractivity contribution in [3.8, 4) is 0 Å². The number of aromatic nitrogens is 2. The van der Waals surface area contributed by atoms with E-state index in [0.29, 0.717) is 0 Å². The fourth-order valence-corrected chi connectivity index (χ4v) is 1.89. The normalized spacial score (nSPS) is 11.7. The number of nitrogen functional groups attached to an aromatic ring is 1. The van der Waals surface area contributed by atoms with Crippen molar-refractivity contribution in [3.63, 3.8) is 0 Å². The van der Waals surface area contributed by atoms with E-state index in [0.717, 1.165) is 35.2 Å². The Bertz CT molecular complexity index is 546. The van der Waals surface area contributed by atoms with Crippen molar-refractivity contribution in [1.82, 2.24) is 9.97 Å². The molecule has 2 rings (SSSR count). The number of hydrogen-bond acceptors (Lipinski definition) is 4. The van der Waals surface area contributed by atoms with Gasteiger partial charge in [-0.15, -0.1) is 0 Å². The first-order chi connectivity index (χ1) is 8.58. The Morgan fingerprint density at radius 1 is 1.22 bits per heavy atom. The predicted molar refractivity (Wildman–Crippen MR) is 76.6 cm³/mol. The third kappa shape index (κ3) is 2.37. The molecule has 0 amide bonds. The lowest BCUT2D eigenvalue weighted by atomic mass is 9.95. The largest absolute Gasteiger partial charge is 0.399 e. The third-order valence-electron chi connectivity index (χ3n) is 3.64. The van der Waals surface area contributed by atoms with Crippen molar-refractivity contribution < 1.29 is 0 Å². The summed E-state index contributed by atoms with van der Waals surface area (Å²) in [4.78, 5) is 8.61. The van der Waals surface area contributed by atoms with E-state index in [-0.39, 0.29) is 5.54 Å². The molecule has 1 aromatic carbocycles. The van der Waals surface area contributed by atoms with Crippen LogP contribution >= 0.6 is 0 Å². The number of rotatable bonds is 4. The number of nitrogens with zero attached hydrogens (tertiary/aromatic N) is 2. The van der Waals surface area contributed by atoms with Gasteiger partial charge in [-0.2, -0.15) is 0 Å². The van der Waals surface area contributed by atoms with Crippen LogP contribution in [0.2, 0.25) is 0 Å². The van der Waals surface area contributed by atoms with Gasteiger partial charge < -0.3 is 11.1 Å². The van der Waals surface area contributed by atoms with Gasteiger partial charge in [0.25, 0.3) is 0 Å². The number of nitrogens with two attached hydrogens (primary N) is 1. The molecule has 0 unspecified atom stereocenters. The highest BCUT2D eigenvalue weighted by Gasteiger charge is 2.20. The molecular formula is C14H20N4. The summed E-state index contributed by atoms with van der Waals surface area (Å²) in [5.74, 6) is 0.881. The topological polar surface area (TPSA) is 63.8 Å². The van der Waals surface area contributed by atoms with Gasteiger partial charge in [-0.3, -0.25) is 0 Å². The zero-order valence-corrected chi connectivity index (χ0v) is 11.2. The molecule has 0 saturated heterocycles. The summed E-state index contributed by atoms with van der Waals surface area (Å²) in [6.07, 6.45) is 3.67. The number of nitrogens with one attached hydrogen (secondary N) is 1. The van der Waals surface area contributed by atoms with E-state index < -0.39 is 0 Å². The first-order valence-electron chi connectivity index (χ1n) is 6.36. The van der Waals surface area contributed by atoms with E-state index in [2.05, 4.69) is 36.1 Å². The van der Waals surface area contributed by atoms with Crippen LogP contribution in [0.4, 0.5) is 11.5 Å². The Morgan fingerprint density at radius 3 is 2.61 bits per heavy atom. The molecule has 0 radical (unpaired) electrons. The van der Waals surface area contributed by atoms with Crippen molar-refractivity contribution in [2.24, 2.45) is 0 Å². The summed E-state index contributed by atoms with van der Waals surface area (Å²) < 4.78 is 0. The molecule has 18 heavy (non-hydrogen) atoms. The average molecular weight is 244 g/mol. The minimum absolute atomic E-state index is 0.0582. The summed E-state index contributed by atoms with van der Waals surface area (Å²) in [6.45, 7) is 6.56. The summed E-state index contributed by atoms with van der Waals surface area (Å²) >= 11 is 0. The minimum atomic E-state index is 0.0582. The second-order valence-corrected chi connectivity index (χ2v) is 4.89. The smallest absolute Gasteiger partial charge is 0.137 e. The maximum Gasteiger partial charge on any atom is 0.137 e. The first-order valence-corrected chi connectivity index (χ1v) is 6.36. The molecule has 0 aliphatic rings. The highest BCUT2D eigenvalue weighted by molar-refractivity contribution is 5.90. The van der Waals surface area contributed by atoms with Crippen molar-refractivity contribution in [2.45, 2.75) is 39.2 Å². The second-order valence-electron chi connectivity index (χ2n) is 4.89. The Kier molecular flexibility index (Phi) is 3.36. The van der Waals surface area contributed by atoms with E-state index >= 15 is 0 Å². The highest BCUT2D eigenvalue weighted by atomic mass is 15.1. The quantitative estimate of drug-likeness (QED) is 0.811. The van der Waals surface area contributed by atoms with E-state index in [9.17, 15) is 0 Å².